The van der Waals surface area contributed by atoms with Crippen LogP contribution in [0.1, 0.15) is 12.5 Å². The molecule has 0 fully saturated rings. The quantitative estimate of drug-likeness (QED) is 0.603. The molecule has 0 radical (unpaired) electrons. The molecule has 2 aromatic rings. The van der Waals surface area contributed by atoms with E-state index in [4.69, 9.17) is 14.2 Å². The first-order valence-corrected chi connectivity index (χ1v) is 9.18. The summed E-state index contributed by atoms with van der Waals surface area (Å²) in [5, 5.41) is 2.88. The Morgan fingerprint density at radius 3 is 2.78 bits per heavy atom. The Labute approximate surface area is 161 Å². The van der Waals surface area contributed by atoms with Gasteiger partial charge < -0.3 is 19.5 Å². The van der Waals surface area contributed by atoms with Crippen LogP contribution in [0, 0.1) is 0 Å². The van der Waals surface area contributed by atoms with Gasteiger partial charge in [-0.2, -0.15) is 0 Å². The van der Waals surface area contributed by atoms with E-state index in [-0.39, 0.29) is 12.5 Å². The second-order valence-corrected chi connectivity index (χ2v) is 6.65. The number of para-hydroxylation sites is 1. The maximum Gasteiger partial charge on any atom is 0.344 e. The minimum Gasteiger partial charge on any atom is -0.493 e. The third-order valence-electron chi connectivity index (χ3n) is 3.72. The predicted octanol–water partition coefficient (Wildman–Crippen LogP) is 3.72. The first-order chi connectivity index (χ1) is 13.1. The van der Waals surface area contributed by atoms with Crippen LogP contribution in [0.4, 0.5) is 5.69 Å². The van der Waals surface area contributed by atoms with E-state index in [2.05, 4.69) is 5.32 Å². The number of methoxy groups -OCH3 is 1. The zero-order chi connectivity index (χ0) is 19.2. The van der Waals surface area contributed by atoms with E-state index in [0.717, 1.165) is 16.1 Å². The normalized spacial score (nSPS) is 14.3. The van der Waals surface area contributed by atoms with Crippen LogP contribution in [0.25, 0.3) is 6.08 Å². The van der Waals surface area contributed by atoms with Crippen molar-refractivity contribution < 1.29 is 23.8 Å². The molecule has 0 unspecified atom stereocenters. The summed E-state index contributed by atoms with van der Waals surface area (Å²) in [7, 11) is 1.52. The number of benzene rings is 2. The van der Waals surface area contributed by atoms with Crippen molar-refractivity contribution in [3.63, 3.8) is 0 Å². The number of thioether (sulfide) groups is 1. The number of hydrogen-bond donors (Lipinski definition) is 1. The molecule has 1 aliphatic heterocycles. The second-order valence-electron chi connectivity index (χ2n) is 5.56. The van der Waals surface area contributed by atoms with E-state index >= 15 is 0 Å². The molecule has 0 spiro atoms. The molecule has 27 heavy (non-hydrogen) atoms. The molecule has 0 atom stereocenters. The van der Waals surface area contributed by atoms with E-state index in [0.29, 0.717) is 23.0 Å². The number of nitrogens with one attached hydrogen (secondary N) is 1. The van der Waals surface area contributed by atoms with Crippen LogP contribution in [0.5, 0.6) is 11.5 Å². The lowest BCUT2D eigenvalue weighted by Gasteiger charge is -2.18. The van der Waals surface area contributed by atoms with Crippen molar-refractivity contribution in [1.82, 2.24) is 0 Å². The van der Waals surface area contributed by atoms with Crippen LogP contribution in [0.2, 0.25) is 0 Å². The van der Waals surface area contributed by atoms with Crippen LogP contribution < -0.4 is 14.8 Å². The highest BCUT2D eigenvalue weighted by Crippen LogP contribution is 2.39. The summed E-state index contributed by atoms with van der Waals surface area (Å²) in [5.41, 5.74) is 1.59. The minimum absolute atomic E-state index is 0.152. The van der Waals surface area contributed by atoms with E-state index in [9.17, 15) is 9.59 Å². The van der Waals surface area contributed by atoms with Crippen molar-refractivity contribution in [3.8, 4) is 11.5 Å². The minimum atomic E-state index is -0.445. The number of anilines is 1. The summed E-state index contributed by atoms with van der Waals surface area (Å²) < 4.78 is 15.6. The summed E-state index contributed by atoms with van der Waals surface area (Å²) in [6, 6.07) is 12.9. The van der Waals surface area contributed by atoms with Crippen LogP contribution in [0.15, 0.2) is 52.3 Å². The molecule has 0 aliphatic carbocycles. The number of esters is 1. The Balaban J connectivity index is 1.78. The number of rotatable bonds is 6. The van der Waals surface area contributed by atoms with Crippen molar-refractivity contribution in [1.29, 1.82) is 0 Å². The van der Waals surface area contributed by atoms with Gasteiger partial charge in [-0.1, -0.05) is 30.0 Å². The van der Waals surface area contributed by atoms with E-state index < -0.39 is 5.97 Å². The SMILES string of the molecule is CCOC(=O)COc1ccc(/C=C2\Sc3ccccc3NC2=O)cc1OC. The highest BCUT2D eigenvalue weighted by molar-refractivity contribution is 8.04. The molecule has 0 aromatic heterocycles. The third kappa shape index (κ3) is 4.62. The number of amides is 1. The van der Waals surface area contributed by atoms with Crippen molar-refractivity contribution in [2.45, 2.75) is 11.8 Å². The Hall–Kier alpha value is -2.93. The molecule has 1 heterocycles. The summed E-state index contributed by atoms with van der Waals surface area (Å²) >= 11 is 1.41. The topological polar surface area (TPSA) is 73.9 Å². The van der Waals surface area contributed by atoms with Gasteiger partial charge >= 0.3 is 5.97 Å². The Morgan fingerprint density at radius 1 is 1.19 bits per heavy atom. The molecule has 6 nitrogen and oxygen atoms in total. The zero-order valence-corrected chi connectivity index (χ0v) is 15.8. The molecular formula is C20H19NO5S. The van der Waals surface area contributed by atoms with Gasteiger partial charge in [-0.05, 0) is 42.8 Å². The summed E-state index contributed by atoms with van der Waals surface area (Å²) in [4.78, 5) is 25.3. The average molecular weight is 385 g/mol. The summed E-state index contributed by atoms with van der Waals surface area (Å²) in [6.07, 6.45) is 1.79. The Kier molecular flexibility index (Phi) is 6.03. The molecule has 3 rings (SSSR count). The van der Waals surface area contributed by atoms with Crippen LogP contribution in [-0.4, -0.2) is 32.2 Å². The molecule has 7 heteroatoms. The maximum absolute atomic E-state index is 12.3. The van der Waals surface area contributed by atoms with Crippen molar-refractivity contribution in [2.24, 2.45) is 0 Å². The van der Waals surface area contributed by atoms with Gasteiger partial charge in [-0.15, -0.1) is 0 Å². The maximum atomic E-state index is 12.3. The molecule has 0 saturated carbocycles. The van der Waals surface area contributed by atoms with Crippen molar-refractivity contribution >= 4 is 35.4 Å². The third-order valence-corrected chi connectivity index (χ3v) is 4.81. The highest BCUT2D eigenvalue weighted by Gasteiger charge is 2.20. The van der Waals surface area contributed by atoms with Gasteiger partial charge in [0.25, 0.3) is 5.91 Å². The monoisotopic (exact) mass is 385 g/mol. The van der Waals surface area contributed by atoms with Crippen LogP contribution >= 0.6 is 11.8 Å². The molecule has 2 aromatic carbocycles. The van der Waals surface area contributed by atoms with Crippen molar-refractivity contribution in [2.75, 3.05) is 25.6 Å². The number of ether oxygens (including phenoxy) is 3. The molecule has 0 saturated heterocycles. The first-order valence-electron chi connectivity index (χ1n) is 8.37. The molecule has 1 N–H and O–H groups in total. The van der Waals surface area contributed by atoms with Gasteiger partial charge in [0.05, 0.1) is 24.3 Å². The fourth-order valence-electron chi connectivity index (χ4n) is 2.49. The zero-order valence-electron chi connectivity index (χ0n) is 15.0. The number of hydrogen-bond acceptors (Lipinski definition) is 6. The van der Waals surface area contributed by atoms with Gasteiger partial charge in [-0.3, -0.25) is 4.79 Å². The smallest absolute Gasteiger partial charge is 0.344 e. The molecule has 140 valence electrons. The largest absolute Gasteiger partial charge is 0.493 e. The van der Waals surface area contributed by atoms with Crippen molar-refractivity contribution in [3.05, 3.63) is 52.9 Å². The lowest BCUT2D eigenvalue weighted by molar-refractivity contribution is -0.145. The highest BCUT2D eigenvalue weighted by atomic mass is 32.2. The molecule has 0 bridgehead atoms. The molecular weight excluding hydrogens is 366 g/mol. The van der Waals surface area contributed by atoms with Gasteiger partial charge in [0.2, 0.25) is 0 Å². The Morgan fingerprint density at radius 2 is 2.00 bits per heavy atom. The lowest BCUT2D eigenvalue weighted by Crippen LogP contribution is -2.17. The van der Waals surface area contributed by atoms with Gasteiger partial charge in [-0.25, -0.2) is 4.79 Å². The van der Waals surface area contributed by atoms with Gasteiger partial charge in [0.15, 0.2) is 18.1 Å². The first kappa shape index (κ1) is 18.8. The molecule has 1 amide bonds. The van der Waals surface area contributed by atoms with E-state index in [1.54, 1.807) is 31.2 Å². The van der Waals surface area contributed by atoms with Gasteiger partial charge in [0.1, 0.15) is 0 Å². The van der Waals surface area contributed by atoms with Crippen LogP contribution in [0.3, 0.4) is 0 Å². The number of fused-ring (bicyclic) bond motifs is 1. The van der Waals surface area contributed by atoms with Crippen LogP contribution in [-0.2, 0) is 14.3 Å². The number of carbonyl (C=O) groups is 2. The second kappa shape index (κ2) is 8.64. The number of carbonyl (C=O) groups excluding carboxylic acids is 2. The lowest BCUT2D eigenvalue weighted by atomic mass is 10.2. The van der Waals surface area contributed by atoms with E-state index in [1.807, 2.05) is 24.3 Å². The fourth-order valence-corrected chi connectivity index (χ4v) is 3.44. The summed E-state index contributed by atoms with van der Waals surface area (Å²) in [6.45, 7) is 1.84. The average Bonchev–Trinajstić information content (AvgIpc) is 2.67. The predicted molar refractivity (Wildman–Crippen MR) is 104 cm³/mol. The summed E-state index contributed by atoms with van der Waals surface area (Å²) in [5.74, 6) is 0.300. The molecule has 1 aliphatic rings. The standard InChI is InChI=1S/C20H19NO5S/c1-3-25-19(22)12-26-15-9-8-13(10-16(15)24-2)11-18-20(23)21-14-6-4-5-7-17(14)27-18/h4-11H,3,12H2,1-2H3,(H,21,23)/b18-11-. The van der Waals surface area contributed by atoms with E-state index in [1.165, 1.54) is 18.9 Å². The Bertz CT molecular complexity index is 894. The fraction of sp³-hybridized carbons (Fsp3) is 0.200. The van der Waals surface area contributed by atoms with Gasteiger partial charge in [0, 0.05) is 4.90 Å².